The number of halogens is 1. The van der Waals surface area contributed by atoms with Gasteiger partial charge >= 0.3 is 0 Å². The van der Waals surface area contributed by atoms with Gasteiger partial charge in [-0.25, -0.2) is 4.98 Å². The van der Waals surface area contributed by atoms with E-state index >= 15 is 0 Å². The van der Waals surface area contributed by atoms with Gasteiger partial charge in [-0.1, -0.05) is 91.0 Å². The Kier molecular flexibility index (Phi) is 9.56. The Morgan fingerprint density at radius 2 is 1.71 bits per heavy atom. The van der Waals surface area contributed by atoms with Crippen LogP contribution in [0.5, 0.6) is 0 Å². The summed E-state index contributed by atoms with van der Waals surface area (Å²) in [5, 5.41) is 14.9. The van der Waals surface area contributed by atoms with E-state index in [1.807, 2.05) is 24.3 Å². The zero-order valence-electron chi connectivity index (χ0n) is 21.1. The lowest BCUT2D eigenvalue weighted by molar-refractivity contribution is -0.384. The number of unbranched alkanes of at least 4 members (excludes halogenated alkanes) is 1. The highest BCUT2D eigenvalue weighted by Gasteiger charge is 2.20. The Balaban J connectivity index is 1.40. The summed E-state index contributed by atoms with van der Waals surface area (Å²) in [5.41, 5.74) is 4.29. The van der Waals surface area contributed by atoms with Crippen LogP contribution in [0.2, 0.25) is 5.02 Å². The number of nitrogens with one attached hydrogen (secondary N) is 1. The zero-order valence-corrected chi connectivity index (χ0v) is 22.7. The van der Waals surface area contributed by atoms with Crippen molar-refractivity contribution in [3.05, 3.63) is 99.6 Å². The molecule has 1 aromatic heterocycles. The quantitative estimate of drug-likeness (QED) is 0.0857. The lowest BCUT2D eigenvalue weighted by Crippen LogP contribution is -2.24. The summed E-state index contributed by atoms with van der Waals surface area (Å²) in [6, 6.07) is 24.7. The Morgan fingerprint density at radius 3 is 2.37 bits per heavy atom. The second-order valence-corrected chi connectivity index (χ2v) is 10.2. The minimum atomic E-state index is -0.592. The van der Waals surface area contributed by atoms with E-state index in [-0.39, 0.29) is 22.2 Å². The first-order chi connectivity index (χ1) is 18.5. The van der Waals surface area contributed by atoms with Gasteiger partial charge in [-0.3, -0.25) is 14.9 Å². The molecule has 0 aliphatic heterocycles. The van der Waals surface area contributed by atoms with Gasteiger partial charge in [-0.2, -0.15) is 0 Å². The van der Waals surface area contributed by atoms with Gasteiger partial charge < -0.3 is 9.88 Å². The molecule has 0 saturated carbocycles. The predicted molar refractivity (Wildman–Crippen MR) is 154 cm³/mol. The number of thioether (sulfide) groups is 1. The van der Waals surface area contributed by atoms with Crippen molar-refractivity contribution >= 4 is 35.0 Å². The molecular formula is C29H29ClN4O3S. The zero-order chi connectivity index (χ0) is 26.9. The average molecular weight is 549 g/mol. The van der Waals surface area contributed by atoms with E-state index in [2.05, 4.69) is 53.2 Å². The molecule has 0 saturated heterocycles. The molecule has 38 heavy (non-hydrogen) atoms. The monoisotopic (exact) mass is 548 g/mol. The van der Waals surface area contributed by atoms with E-state index in [1.165, 1.54) is 18.2 Å². The third-order valence-corrected chi connectivity index (χ3v) is 7.35. The first kappa shape index (κ1) is 27.4. The number of carbonyl (C=O) groups is 1. The van der Waals surface area contributed by atoms with Gasteiger partial charge in [-0.15, -0.1) is 0 Å². The normalized spacial score (nSPS) is 10.9. The van der Waals surface area contributed by atoms with Crippen LogP contribution in [-0.2, 0) is 6.54 Å². The Morgan fingerprint density at radius 1 is 1.03 bits per heavy atom. The van der Waals surface area contributed by atoms with E-state index in [9.17, 15) is 14.9 Å². The number of aromatic nitrogens is 2. The number of imidazole rings is 1. The van der Waals surface area contributed by atoms with Gasteiger partial charge in [0.05, 0.1) is 16.3 Å². The largest absolute Gasteiger partial charge is 0.352 e. The smallest absolute Gasteiger partial charge is 0.288 e. The average Bonchev–Trinajstić information content (AvgIpc) is 3.29. The molecular weight excluding hydrogens is 520 g/mol. The summed E-state index contributed by atoms with van der Waals surface area (Å²) in [6.07, 6.45) is 2.65. The SMILES string of the molecule is CCCn1c(SCCCCNC(=O)c2ccc(Cl)c([N+](=O)[O-])c2)nc(-c2ccccc2)c1-c1ccccc1. The van der Waals surface area contributed by atoms with Gasteiger partial charge in [0.25, 0.3) is 11.6 Å². The van der Waals surface area contributed by atoms with E-state index in [1.54, 1.807) is 11.8 Å². The standard InChI is InChI=1S/C29H29ClN4O3S/c1-2-18-33-27(22-13-7-4-8-14-22)26(21-11-5-3-6-12-21)32-29(33)38-19-10-9-17-31-28(35)23-15-16-24(30)25(20-23)34(36)37/h3-8,11-16,20H,2,9-10,17-19H2,1H3,(H,31,35). The highest BCUT2D eigenvalue weighted by molar-refractivity contribution is 7.99. The molecule has 0 atom stereocenters. The highest BCUT2D eigenvalue weighted by Crippen LogP contribution is 2.36. The van der Waals surface area contributed by atoms with Gasteiger partial charge in [0.1, 0.15) is 5.02 Å². The molecule has 1 amide bonds. The number of nitro groups is 1. The van der Waals surface area contributed by atoms with Crippen molar-refractivity contribution in [3.8, 4) is 22.5 Å². The second kappa shape index (κ2) is 13.3. The molecule has 0 bridgehead atoms. The van der Waals surface area contributed by atoms with Gasteiger partial charge in [0, 0.05) is 41.6 Å². The number of amides is 1. The third-order valence-electron chi connectivity index (χ3n) is 5.97. The summed E-state index contributed by atoms with van der Waals surface area (Å²) < 4.78 is 2.32. The van der Waals surface area contributed by atoms with Gasteiger partial charge in [0.2, 0.25) is 0 Å². The number of benzene rings is 3. The number of nitro benzene ring substituents is 1. The van der Waals surface area contributed by atoms with Crippen molar-refractivity contribution in [2.24, 2.45) is 0 Å². The molecule has 4 rings (SSSR count). The van der Waals surface area contributed by atoms with Crippen LogP contribution in [0.15, 0.2) is 84.0 Å². The summed E-state index contributed by atoms with van der Waals surface area (Å²) in [7, 11) is 0. The van der Waals surface area contributed by atoms with E-state index < -0.39 is 4.92 Å². The predicted octanol–water partition coefficient (Wildman–Crippen LogP) is 7.49. The Hall–Kier alpha value is -3.62. The molecule has 1 N–H and O–H groups in total. The molecule has 3 aromatic carbocycles. The van der Waals surface area contributed by atoms with Crippen LogP contribution in [-0.4, -0.2) is 32.7 Å². The molecule has 196 valence electrons. The maximum atomic E-state index is 12.4. The minimum Gasteiger partial charge on any atom is -0.352 e. The first-order valence-electron chi connectivity index (χ1n) is 12.6. The highest BCUT2D eigenvalue weighted by atomic mass is 35.5. The molecule has 0 spiro atoms. The van der Waals surface area contributed by atoms with Crippen molar-refractivity contribution in [1.82, 2.24) is 14.9 Å². The van der Waals surface area contributed by atoms with Crippen molar-refractivity contribution in [3.63, 3.8) is 0 Å². The number of carbonyl (C=O) groups excluding carboxylic acids is 1. The van der Waals surface area contributed by atoms with Crippen molar-refractivity contribution < 1.29 is 9.72 Å². The fourth-order valence-corrected chi connectivity index (χ4v) is 5.36. The maximum absolute atomic E-state index is 12.4. The van der Waals surface area contributed by atoms with Gasteiger partial charge in [-0.05, 0) is 31.4 Å². The first-order valence-corrected chi connectivity index (χ1v) is 13.9. The minimum absolute atomic E-state index is 0.0100. The lowest BCUT2D eigenvalue weighted by atomic mass is 10.0. The molecule has 0 fully saturated rings. The molecule has 9 heteroatoms. The maximum Gasteiger partial charge on any atom is 0.288 e. The van der Waals surface area contributed by atoms with Crippen molar-refractivity contribution in [2.75, 3.05) is 12.3 Å². The van der Waals surface area contributed by atoms with Crippen LogP contribution in [0.1, 0.15) is 36.5 Å². The summed E-state index contributed by atoms with van der Waals surface area (Å²) >= 11 is 7.56. The fourth-order valence-electron chi connectivity index (χ4n) is 4.15. The molecule has 4 aromatic rings. The van der Waals surface area contributed by atoms with E-state index in [4.69, 9.17) is 16.6 Å². The van der Waals surface area contributed by atoms with Crippen LogP contribution in [0.25, 0.3) is 22.5 Å². The Bertz CT molecular complexity index is 1390. The second-order valence-electron chi connectivity index (χ2n) is 8.71. The van der Waals surface area contributed by atoms with Crippen LogP contribution >= 0.6 is 23.4 Å². The number of rotatable bonds is 12. The van der Waals surface area contributed by atoms with Crippen LogP contribution in [0.3, 0.4) is 0 Å². The molecule has 1 heterocycles. The number of hydrogen-bond donors (Lipinski definition) is 1. The van der Waals surface area contributed by atoms with Gasteiger partial charge in [0.15, 0.2) is 5.16 Å². The summed E-state index contributed by atoms with van der Waals surface area (Å²) in [4.78, 5) is 28.0. The van der Waals surface area contributed by atoms with Crippen LogP contribution in [0, 0.1) is 10.1 Å². The third kappa shape index (κ3) is 6.62. The number of nitrogens with zero attached hydrogens (tertiary/aromatic N) is 3. The van der Waals surface area contributed by atoms with Crippen LogP contribution < -0.4 is 5.32 Å². The summed E-state index contributed by atoms with van der Waals surface area (Å²) in [5.74, 6) is 0.502. The van der Waals surface area contributed by atoms with Crippen molar-refractivity contribution in [2.45, 2.75) is 37.9 Å². The molecule has 0 radical (unpaired) electrons. The molecule has 0 unspecified atom stereocenters. The molecule has 0 aliphatic rings. The topological polar surface area (TPSA) is 90.1 Å². The van der Waals surface area contributed by atoms with E-state index in [0.29, 0.717) is 6.54 Å². The lowest BCUT2D eigenvalue weighted by Gasteiger charge is -2.12. The fraction of sp³-hybridized carbons (Fsp3) is 0.241. The van der Waals surface area contributed by atoms with Crippen LogP contribution in [0.4, 0.5) is 5.69 Å². The van der Waals surface area contributed by atoms with Crippen molar-refractivity contribution in [1.29, 1.82) is 0 Å². The Labute approximate surface area is 231 Å². The van der Waals surface area contributed by atoms with E-state index in [0.717, 1.165) is 59.2 Å². The summed E-state index contributed by atoms with van der Waals surface area (Å²) in [6.45, 7) is 3.52. The molecule has 0 aliphatic carbocycles. The molecule has 7 nitrogen and oxygen atoms in total. The number of hydrogen-bond acceptors (Lipinski definition) is 5.